The normalized spacial score (nSPS) is 17.0. The lowest BCUT2D eigenvalue weighted by atomic mass is 9.69. The minimum Gasteiger partial charge on any atom is -0.496 e. The van der Waals surface area contributed by atoms with Crippen molar-refractivity contribution in [2.75, 3.05) is 7.11 Å². The second-order valence-electron chi connectivity index (χ2n) is 7.03. The van der Waals surface area contributed by atoms with Gasteiger partial charge in [-0.2, -0.15) is 5.26 Å². The van der Waals surface area contributed by atoms with Crippen molar-refractivity contribution in [1.29, 1.82) is 5.26 Å². The zero-order valence-corrected chi connectivity index (χ0v) is 15.6. The van der Waals surface area contributed by atoms with Crippen LogP contribution in [0.15, 0.2) is 40.4 Å². The summed E-state index contributed by atoms with van der Waals surface area (Å²) in [6.45, 7) is 4.57. The Morgan fingerprint density at radius 3 is 2.67 bits per heavy atom. The molecule has 2 aliphatic carbocycles. The number of hydrogen-bond donors (Lipinski definition) is 0. The predicted molar refractivity (Wildman–Crippen MR) is 99.2 cm³/mol. The zero-order chi connectivity index (χ0) is 17.1. The maximum atomic E-state index is 9.53. The molecule has 0 saturated carbocycles. The summed E-state index contributed by atoms with van der Waals surface area (Å²) in [5.41, 5.74) is 8.60. The van der Waals surface area contributed by atoms with E-state index in [4.69, 9.17) is 4.74 Å². The Bertz CT molecular complexity index is 947. The standard InChI is InChI=1S/C21H18BrNO/c1-21(2)16-10-19(24-3)18(22)9-14(16)7-15-17(21)8-12-5-4-6-13(11-23)20(12)15/h4-6,9-10H,7-8H2,1-3H3. The smallest absolute Gasteiger partial charge is 0.133 e. The van der Waals surface area contributed by atoms with Gasteiger partial charge in [0.15, 0.2) is 0 Å². The van der Waals surface area contributed by atoms with Gasteiger partial charge < -0.3 is 4.74 Å². The predicted octanol–water partition coefficient (Wildman–Crippen LogP) is 5.17. The van der Waals surface area contributed by atoms with E-state index in [9.17, 15) is 5.26 Å². The Kier molecular flexibility index (Phi) is 3.37. The molecule has 3 heteroatoms. The molecule has 0 N–H and O–H groups in total. The summed E-state index contributed by atoms with van der Waals surface area (Å²) in [4.78, 5) is 0. The van der Waals surface area contributed by atoms with Crippen molar-refractivity contribution in [1.82, 2.24) is 0 Å². The van der Waals surface area contributed by atoms with Crippen molar-refractivity contribution in [2.24, 2.45) is 0 Å². The van der Waals surface area contributed by atoms with E-state index in [1.807, 2.05) is 12.1 Å². The summed E-state index contributed by atoms with van der Waals surface area (Å²) in [6.07, 6.45) is 1.81. The van der Waals surface area contributed by atoms with E-state index >= 15 is 0 Å². The number of allylic oxidation sites excluding steroid dienone is 2. The van der Waals surface area contributed by atoms with Crippen LogP contribution in [0.1, 0.15) is 41.7 Å². The van der Waals surface area contributed by atoms with Gasteiger partial charge in [-0.1, -0.05) is 31.6 Å². The first-order chi connectivity index (χ1) is 11.5. The van der Waals surface area contributed by atoms with E-state index in [1.165, 1.54) is 33.4 Å². The number of fused-ring (bicyclic) bond motifs is 3. The van der Waals surface area contributed by atoms with Crippen molar-refractivity contribution < 1.29 is 4.74 Å². The molecule has 0 saturated heterocycles. The molecule has 0 amide bonds. The number of benzene rings is 2. The summed E-state index contributed by atoms with van der Waals surface area (Å²) in [7, 11) is 1.71. The molecule has 0 heterocycles. The van der Waals surface area contributed by atoms with Crippen LogP contribution in [0.5, 0.6) is 5.75 Å². The van der Waals surface area contributed by atoms with Gasteiger partial charge in [0.1, 0.15) is 5.75 Å². The fourth-order valence-electron chi connectivity index (χ4n) is 4.27. The van der Waals surface area contributed by atoms with Crippen LogP contribution in [0.4, 0.5) is 0 Å². The molecule has 0 aliphatic heterocycles. The third-order valence-corrected chi connectivity index (χ3v) is 6.10. The number of rotatable bonds is 1. The summed E-state index contributed by atoms with van der Waals surface area (Å²) in [5, 5.41) is 9.53. The summed E-state index contributed by atoms with van der Waals surface area (Å²) in [5.74, 6) is 0.874. The van der Waals surface area contributed by atoms with Crippen LogP contribution < -0.4 is 4.74 Å². The van der Waals surface area contributed by atoms with Crippen LogP contribution in [-0.2, 0) is 18.3 Å². The number of ether oxygens (including phenoxy) is 1. The van der Waals surface area contributed by atoms with E-state index < -0.39 is 0 Å². The molecule has 4 rings (SSSR count). The molecule has 0 aromatic heterocycles. The first-order valence-electron chi connectivity index (χ1n) is 8.09. The molecule has 120 valence electrons. The van der Waals surface area contributed by atoms with Gasteiger partial charge in [-0.15, -0.1) is 0 Å². The monoisotopic (exact) mass is 379 g/mol. The van der Waals surface area contributed by atoms with Crippen molar-refractivity contribution in [3.05, 3.63) is 68.2 Å². The van der Waals surface area contributed by atoms with Gasteiger partial charge in [0, 0.05) is 5.41 Å². The lowest BCUT2D eigenvalue weighted by molar-refractivity contribution is 0.410. The third-order valence-electron chi connectivity index (χ3n) is 5.48. The van der Waals surface area contributed by atoms with E-state index in [-0.39, 0.29) is 5.41 Å². The van der Waals surface area contributed by atoms with Crippen molar-refractivity contribution in [3.63, 3.8) is 0 Å². The number of hydrogen-bond acceptors (Lipinski definition) is 2. The average Bonchev–Trinajstić information content (AvgIpc) is 2.94. The highest BCUT2D eigenvalue weighted by Gasteiger charge is 2.39. The minimum atomic E-state index is -0.0668. The average molecular weight is 380 g/mol. The third kappa shape index (κ3) is 1.99. The molecule has 0 fully saturated rings. The van der Waals surface area contributed by atoms with Crippen LogP contribution in [0.3, 0.4) is 0 Å². The molecule has 2 nitrogen and oxygen atoms in total. The molecular weight excluding hydrogens is 362 g/mol. The molecule has 2 aromatic carbocycles. The first-order valence-corrected chi connectivity index (χ1v) is 8.88. The topological polar surface area (TPSA) is 33.0 Å². The Hall–Kier alpha value is -2.05. The highest BCUT2D eigenvalue weighted by Crippen LogP contribution is 2.51. The second-order valence-corrected chi connectivity index (χ2v) is 7.89. The molecule has 0 unspecified atom stereocenters. The SMILES string of the molecule is COc1cc2c(cc1Br)CC1=C(Cc3cccc(C#N)c31)C2(C)C. The Labute approximate surface area is 150 Å². The highest BCUT2D eigenvalue weighted by molar-refractivity contribution is 9.10. The maximum absolute atomic E-state index is 9.53. The fourth-order valence-corrected chi connectivity index (χ4v) is 4.82. The van der Waals surface area contributed by atoms with E-state index in [0.717, 1.165) is 28.6 Å². The second kappa shape index (κ2) is 5.22. The molecule has 2 aliphatic rings. The number of methoxy groups -OCH3 is 1. The lowest BCUT2D eigenvalue weighted by Crippen LogP contribution is -2.27. The molecule has 24 heavy (non-hydrogen) atoms. The largest absolute Gasteiger partial charge is 0.496 e. The van der Waals surface area contributed by atoms with Crippen molar-refractivity contribution in [3.8, 4) is 11.8 Å². The Morgan fingerprint density at radius 1 is 1.17 bits per heavy atom. The van der Waals surface area contributed by atoms with Crippen LogP contribution in [-0.4, -0.2) is 7.11 Å². The molecule has 0 radical (unpaired) electrons. The molecule has 2 aromatic rings. The van der Waals surface area contributed by atoms with Crippen LogP contribution in [0.25, 0.3) is 5.57 Å². The number of nitriles is 1. The van der Waals surface area contributed by atoms with E-state index in [0.29, 0.717) is 0 Å². The molecular formula is C21H18BrNO. The summed E-state index contributed by atoms with van der Waals surface area (Å²) < 4.78 is 6.49. The summed E-state index contributed by atoms with van der Waals surface area (Å²) in [6, 6.07) is 12.8. The zero-order valence-electron chi connectivity index (χ0n) is 14.0. The molecule has 0 atom stereocenters. The Balaban J connectivity index is 1.95. The van der Waals surface area contributed by atoms with Crippen molar-refractivity contribution in [2.45, 2.75) is 32.1 Å². The fraction of sp³-hybridized carbons (Fsp3) is 0.286. The number of nitrogens with zero attached hydrogens (tertiary/aromatic N) is 1. The molecule has 0 bridgehead atoms. The van der Waals surface area contributed by atoms with E-state index in [2.05, 4.69) is 54.0 Å². The lowest BCUT2D eigenvalue weighted by Gasteiger charge is -2.35. The van der Waals surface area contributed by atoms with Crippen LogP contribution in [0, 0.1) is 11.3 Å². The van der Waals surface area contributed by atoms with Gasteiger partial charge in [-0.05, 0) is 74.8 Å². The maximum Gasteiger partial charge on any atom is 0.133 e. The van der Waals surface area contributed by atoms with Crippen molar-refractivity contribution >= 4 is 21.5 Å². The molecule has 0 spiro atoms. The van der Waals surface area contributed by atoms with E-state index in [1.54, 1.807) is 7.11 Å². The quantitative estimate of drug-likeness (QED) is 0.684. The van der Waals surface area contributed by atoms with Gasteiger partial charge in [-0.3, -0.25) is 0 Å². The van der Waals surface area contributed by atoms with Gasteiger partial charge >= 0.3 is 0 Å². The Morgan fingerprint density at radius 2 is 1.96 bits per heavy atom. The van der Waals surface area contributed by atoms with Crippen LogP contribution >= 0.6 is 15.9 Å². The van der Waals surface area contributed by atoms with Crippen LogP contribution in [0.2, 0.25) is 0 Å². The minimum absolute atomic E-state index is 0.0668. The van der Waals surface area contributed by atoms with Gasteiger partial charge in [0.25, 0.3) is 0 Å². The van der Waals surface area contributed by atoms with Gasteiger partial charge in [0.2, 0.25) is 0 Å². The highest BCUT2D eigenvalue weighted by atomic mass is 79.9. The van der Waals surface area contributed by atoms with Gasteiger partial charge in [0.05, 0.1) is 23.2 Å². The summed E-state index contributed by atoms with van der Waals surface area (Å²) >= 11 is 3.61. The first kappa shape index (κ1) is 15.5. The number of halogens is 1. The van der Waals surface area contributed by atoms with Gasteiger partial charge in [-0.25, -0.2) is 0 Å².